The minimum absolute atomic E-state index is 0.0861. The molecule has 2 aliphatic rings. The highest BCUT2D eigenvalue weighted by atomic mass is 19.4. The molecule has 1 aliphatic heterocycles. The topological polar surface area (TPSA) is 63.7 Å². The Morgan fingerprint density at radius 3 is 2.66 bits per heavy atom. The second-order valence-electron chi connectivity index (χ2n) is 7.66. The SMILES string of the molecule is CNc1cc(Cc2ccc(C(=O)N3CCOCC3)cc2OC)nc2c1C(C(F)(F)F)=CC2. The van der Waals surface area contributed by atoms with Crippen LogP contribution in [0.3, 0.4) is 0 Å². The number of hydrogen-bond acceptors (Lipinski definition) is 5. The van der Waals surface area contributed by atoms with Crippen LogP contribution in [0.2, 0.25) is 0 Å². The number of pyridine rings is 1. The van der Waals surface area contributed by atoms with Gasteiger partial charge in [-0.3, -0.25) is 9.78 Å². The summed E-state index contributed by atoms with van der Waals surface area (Å²) >= 11 is 0. The molecule has 2 heterocycles. The summed E-state index contributed by atoms with van der Waals surface area (Å²) in [6, 6.07) is 6.88. The van der Waals surface area contributed by atoms with Crippen molar-refractivity contribution in [1.29, 1.82) is 0 Å². The average molecular weight is 447 g/mol. The number of amides is 1. The first-order valence-corrected chi connectivity index (χ1v) is 10.3. The van der Waals surface area contributed by atoms with Crippen LogP contribution in [0.1, 0.15) is 32.9 Å². The fourth-order valence-electron chi connectivity index (χ4n) is 4.12. The van der Waals surface area contributed by atoms with Gasteiger partial charge in [0, 0.05) is 61.1 Å². The summed E-state index contributed by atoms with van der Waals surface area (Å²) in [7, 11) is 3.12. The van der Waals surface area contributed by atoms with Gasteiger partial charge in [-0.1, -0.05) is 12.1 Å². The maximum Gasteiger partial charge on any atom is 0.416 e. The predicted octanol–water partition coefficient (Wildman–Crippen LogP) is 3.70. The lowest BCUT2D eigenvalue weighted by atomic mass is 10.0. The lowest BCUT2D eigenvalue weighted by Gasteiger charge is -2.27. The molecule has 1 aromatic heterocycles. The lowest BCUT2D eigenvalue weighted by molar-refractivity contribution is -0.0687. The molecular weight excluding hydrogens is 423 g/mol. The van der Waals surface area contributed by atoms with Crippen LogP contribution in [0.15, 0.2) is 30.3 Å². The number of hydrogen-bond donors (Lipinski definition) is 1. The highest BCUT2D eigenvalue weighted by molar-refractivity contribution is 5.95. The quantitative estimate of drug-likeness (QED) is 0.758. The number of aromatic nitrogens is 1. The molecule has 1 N–H and O–H groups in total. The molecule has 1 fully saturated rings. The molecule has 0 radical (unpaired) electrons. The Kier molecular flexibility index (Phi) is 6.10. The van der Waals surface area contributed by atoms with Crippen LogP contribution in [-0.4, -0.2) is 62.4 Å². The highest BCUT2D eigenvalue weighted by Crippen LogP contribution is 2.43. The van der Waals surface area contributed by atoms with E-state index in [0.717, 1.165) is 5.56 Å². The van der Waals surface area contributed by atoms with Crippen LogP contribution < -0.4 is 10.1 Å². The summed E-state index contributed by atoms with van der Waals surface area (Å²) in [6.45, 7) is 2.12. The molecule has 0 bridgehead atoms. The van der Waals surface area contributed by atoms with Gasteiger partial charge >= 0.3 is 6.18 Å². The number of allylic oxidation sites excluding steroid dienone is 2. The third-order valence-corrected chi connectivity index (χ3v) is 5.69. The Labute approximate surface area is 184 Å². The van der Waals surface area contributed by atoms with E-state index in [4.69, 9.17) is 9.47 Å². The van der Waals surface area contributed by atoms with Crippen LogP contribution in [0, 0.1) is 0 Å². The third-order valence-electron chi connectivity index (χ3n) is 5.69. The number of alkyl halides is 3. The molecule has 0 unspecified atom stereocenters. The molecule has 1 saturated heterocycles. The lowest BCUT2D eigenvalue weighted by Crippen LogP contribution is -2.40. The number of nitrogens with one attached hydrogen (secondary N) is 1. The van der Waals surface area contributed by atoms with Crippen LogP contribution in [0.5, 0.6) is 5.75 Å². The maximum absolute atomic E-state index is 13.4. The van der Waals surface area contributed by atoms with Gasteiger partial charge in [0.15, 0.2) is 0 Å². The molecule has 1 aromatic carbocycles. The first-order chi connectivity index (χ1) is 15.3. The van der Waals surface area contributed by atoms with E-state index in [9.17, 15) is 18.0 Å². The number of rotatable bonds is 5. The number of morpholine rings is 1. The zero-order valence-corrected chi connectivity index (χ0v) is 17.9. The van der Waals surface area contributed by atoms with E-state index in [1.54, 1.807) is 36.2 Å². The van der Waals surface area contributed by atoms with Crippen molar-refractivity contribution in [2.24, 2.45) is 0 Å². The fourth-order valence-corrected chi connectivity index (χ4v) is 4.12. The Bertz CT molecular complexity index is 1060. The van der Waals surface area contributed by atoms with Crippen LogP contribution >= 0.6 is 0 Å². The summed E-state index contributed by atoms with van der Waals surface area (Å²) in [4.78, 5) is 19.0. The smallest absolute Gasteiger partial charge is 0.416 e. The largest absolute Gasteiger partial charge is 0.496 e. The first-order valence-electron chi connectivity index (χ1n) is 10.3. The second-order valence-corrected chi connectivity index (χ2v) is 7.66. The van der Waals surface area contributed by atoms with E-state index in [2.05, 4.69) is 10.3 Å². The summed E-state index contributed by atoms with van der Waals surface area (Å²) < 4.78 is 50.9. The number of anilines is 1. The summed E-state index contributed by atoms with van der Waals surface area (Å²) in [5.74, 6) is 0.448. The van der Waals surface area contributed by atoms with Crippen molar-refractivity contribution in [2.45, 2.75) is 19.0 Å². The molecule has 9 heteroatoms. The van der Waals surface area contributed by atoms with E-state index in [1.165, 1.54) is 13.2 Å². The minimum Gasteiger partial charge on any atom is -0.496 e. The van der Waals surface area contributed by atoms with E-state index in [0.29, 0.717) is 61.1 Å². The van der Waals surface area contributed by atoms with Gasteiger partial charge < -0.3 is 19.7 Å². The molecule has 0 saturated carbocycles. The van der Waals surface area contributed by atoms with Crippen LogP contribution in [-0.2, 0) is 17.6 Å². The van der Waals surface area contributed by atoms with Gasteiger partial charge in [0.2, 0.25) is 0 Å². The monoisotopic (exact) mass is 447 g/mol. The van der Waals surface area contributed by atoms with Gasteiger partial charge in [-0.15, -0.1) is 0 Å². The molecule has 6 nitrogen and oxygen atoms in total. The Hall–Kier alpha value is -3.07. The Morgan fingerprint density at radius 1 is 1.25 bits per heavy atom. The summed E-state index contributed by atoms with van der Waals surface area (Å²) in [6.07, 6.45) is -2.75. The third kappa shape index (κ3) is 4.29. The normalized spacial score (nSPS) is 15.9. The van der Waals surface area contributed by atoms with Crippen molar-refractivity contribution in [3.63, 3.8) is 0 Å². The number of benzene rings is 1. The zero-order chi connectivity index (χ0) is 22.9. The van der Waals surface area contributed by atoms with Gasteiger partial charge in [-0.2, -0.15) is 13.2 Å². The number of fused-ring (bicyclic) bond motifs is 1. The Balaban J connectivity index is 1.60. The maximum atomic E-state index is 13.4. The van der Waals surface area contributed by atoms with Crippen molar-refractivity contribution in [3.8, 4) is 5.75 Å². The molecule has 32 heavy (non-hydrogen) atoms. The number of methoxy groups -OCH3 is 1. The molecule has 0 spiro atoms. The predicted molar refractivity (Wildman–Crippen MR) is 114 cm³/mol. The van der Waals surface area contributed by atoms with Crippen molar-refractivity contribution in [3.05, 3.63) is 58.4 Å². The number of carbonyl (C=O) groups excluding carboxylic acids is 1. The number of nitrogens with zero attached hydrogens (tertiary/aromatic N) is 2. The molecular formula is C23H24F3N3O3. The number of carbonyl (C=O) groups is 1. The molecule has 0 atom stereocenters. The summed E-state index contributed by atoms with van der Waals surface area (Å²) in [5.41, 5.74) is 2.19. The molecule has 170 valence electrons. The van der Waals surface area contributed by atoms with Gasteiger partial charge in [0.25, 0.3) is 5.91 Å². The molecule has 2 aromatic rings. The van der Waals surface area contributed by atoms with Crippen LogP contribution in [0.4, 0.5) is 18.9 Å². The van der Waals surface area contributed by atoms with E-state index in [1.807, 2.05) is 0 Å². The van der Waals surface area contributed by atoms with Crippen molar-refractivity contribution in [2.75, 3.05) is 45.8 Å². The Morgan fingerprint density at radius 2 is 2.00 bits per heavy atom. The first kappa shape index (κ1) is 22.1. The second kappa shape index (κ2) is 8.82. The van der Waals surface area contributed by atoms with Crippen molar-refractivity contribution in [1.82, 2.24) is 9.88 Å². The highest BCUT2D eigenvalue weighted by Gasteiger charge is 2.39. The van der Waals surface area contributed by atoms with Crippen molar-refractivity contribution < 1.29 is 27.4 Å². The van der Waals surface area contributed by atoms with Crippen LogP contribution in [0.25, 0.3) is 5.57 Å². The fraction of sp³-hybridized carbons (Fsp3) is 0.391. The summed E-state index contributed by atoms with van der Waals surface area (Å²) in [5, 5.41) is 2.87. The minimum atomic E-state index is -4.42. The molecule has 1 amide bonds. The van der Waals surface area contributed by atoms with E-state index >= 15 is 0 Å². The zero-order valence-electron chi connectivity index (χ0n) is 17.9. The number of halogens is 3. The number of ether oxygens (including phenoxy) is 2. The average Bonchev–Trinajstić information content (AvgIpc) is 3.23. The molecule has 4 rings (SSSR count). The van der Waals surface area contributed by atoms with Crippen molar-refractivity contribution >= 4 is 17.2 Å². The van der Waals surface area contributed by atoms with Gasteiger partial charge in [-0.25, -0.2) is 0 Å². The molecule has 1 aliphatic carbocycles. The van der Waals surface area contributed by atoms with E-state index in [-0.39, 0.29) is 17.9 Å². The van der Waals surface area contributed by atoms with Gasteiger partial charge in [-0.05, 0) is 18.2 Å². The van der Waals surface area contributed by atoms with E-state index < -0.39 is 11.7 Å². The van der Waals surface area contributed by atoms with Gasteiger partial charge in [0.1, 0.15) is 5.75 Å². The van der Waals surface area contributed by atoms with Gasteiger partial charge in [0.05, 0.1) is 31.6 Å². The standard InChI is InChI=1S/C23H24F3N3O3/c1-27-19-13-16(28-18-6-5-17(21(18)19)23(24,25)26)11-14-3-4-15(12-20(14)31-2)22(30)29-7-9-32-10-8-29/h3-5,12-13H,6-11H2,1-2H3,(H,27,28).